The van der Waals surface area contributed by atoms with Gasteiger partial charge in [0.15, 0.2) is 0 Å². The summed E-state index contributed by atoms with van der Waals surface area (Å²) < 4.78 is 6.98. The van der Waals surface area contributed by atoms with Crippen molar-refractivity contribution in [2.75, 3.05) is 18.1 Å². The number of carbonyl (C=O) groups is 3. The van der Waals surface area contributed by atoms with Crippen molar-refractivity contribution in [3.05, 3.63) is 71.4 Å². The van der Waals surface area contributed by atoms with Crippen molar-refractivity contribution < 1.29 is 24.2 Å². The zero-order valence-corrected chi connectivity index (χ0v) is 17.9. The molecule has 9 nitrogen and oxygen atoms in total. The van der Waals surface area contributed by atoms with Crippen LogP contribution in [0.5, 0.6) is 0 Å². The van der Waals surface area contributed by atoms with Crippen LogP contribution in [-0.2, 0) is 16.1 Å². The lowest BCUT2D eigenvalue weighted by Crippen LogP contribution is -2.47. The number of carboxylic acid groups (broad SMARTS) is 1. The van der Waals surface area contributed by atoms with Gasteiger partial charge in [-0.05, 0) is 29.2 Å². The zero-order valence-electron chi connectivity index (χ0n) is 17.9. The second-order valence-corrected chi connectivity index (χ2v) is 8.09. The highest BCUT2D eigenvalue weighted by Gasteiger charge is 2.34. The summed E-state index contributed by atoms with van der Waals surface area (Å²) in [5, 5.41) is 15.9. The average Bonchev–Trinajstić information content (AvgIpc) is 3.49. The fourth-order valence-electron chi connectivity index (χ4n) is 4.61. The molecule has 5 rings (SSSR count). The summed E-state index contributed by atoms with van der Waals surface area (Å²) >= 11 is 0. The van der Waals surface area contributed by atoms with E-state index in [-0.39, 0.29) is 23.9 Å². The van der Waals surface area contributed by atoms with Crippen LogP contribution in [0.2, 0.25) is 0 Å². The Labute approximate surface area is 189 Å². The summed E-state index contributed by atoms with van der Waals surface area (Å²) in [6.07, 6.45) is 0.518. The Morgan fingerprint density at radius 1 is 1.09 bits per heavy atom. The van der Waals surface area contributed by atoms with Gasteiger partial charge in [-0.2, -0.15) is 5.10 Å². The normalized spacial score (nSPS) is 14.9. The third-order valence-corrected chi connectivity index (χ3v) is 6.15. The van der Waals surface area contributed by atoms with E-state index < -0.39 is 24.0 Å². The topological polar surface area (TPSA) is 114 Å². The molecule has 0 saturated carbocycles. The van der Waals surface area contributed by atoms with E-state index >= 15 is 0 Å². The largest absolute Gasteiger partial charge is 0.477 e. The van der Waals surface area contributed by atoms with Crippen molar-refractivity contribution in [3.63, 3.8) is 0 Å². The van der Waals surface area contributed by atoms with Crippen LogP contribution < -0.4 is 10.2 Å². The maximum absolute atomic E-state index is 12.9. The standard InChI is InChI=1S/C24H22N4O5/c1-14(22(29)27-10-11-28-21(27)19(12-25-28)23(30)31)26-24(32)33-13-20-17-8-4-2-6-15(17)16-7-3-5-9-18(16)20/h2-9,12,14,20H,10-11,13H2,1H3,(H,26,32)(H,30,31)/t14-/m0/s1. The number of nitrogens with zero attached hydrogens (tertiary/aromatic N) is 3. The van der Waals surface area contributed by atoms with Gasteiger partial charge in [0.2, 0.25) is 0 Å². The van der Waals surface area contributed by atoms with E-state index in [1.807, 2.05) is 36.4 Å². The number of hydrogen-bond donors (Lipinski definition) is 2. The van der Waals surface area contributed by atoms with Gasteiger partial charge < -0.3 is 15.2 Å². The van der Waals surface area contributed by atoms with E-state index in [0.29, 0.717) is 13.1 Å². The van der Waals surface area contributed by atoms with Gasteiger partial charge in [0.1, 0.15) is 24.0 Å². The average molecular weight is 446 g/mol. The molecule has 0 unspecified atom stereocenters. The van der Waals surface area contributed by atoms with E-state index in [0.717, 1.165) is 22.3 Å². The van der Waals surface area contributed by atoms with Crippen LogP contribution in [0.3, 0.4) is 0 Å². The van der Waals surface area contributed by atoms with Crippen LogP contribution in [0.15, 0.2) is 54.7 Å². The lowest BCUT2D eigenvalue weighted by Gasteiger charge is -2.21. The van der Waals surface area contributed by atoms with Crippen molar-refractivity contribution in [3.8, 4) is 11.1 Å². The number of carboxylic acids is 1. The summed E-state index contributed by atoms with van der Waals surface area (Å²) in [6, 6.07) is 15.2. The molecule has 0 radical (unpaired) electrons. The molecule has 2 heterocycles. The van der Waals surface area contributed by atoms with Crippen molar-refractivity contribution in [1.82, 2.24) is 15.1 Å². The number of benzene rings is 2. The SMILES string of the molecule is C[C@H](NC(=O)OCC1c2ccccc2-c2ccccc21)C(=O)N1CCn2ncc(C(=O)O)c21. The molecule has 1 aliphatic heterocycles. The Morgan fingerprint density at radius 3 is 2.36 bits per heavy atom. The third-order valence-electron chi connectivity index (χ3n) is 6.15. The second-order valence-electron chi connectivity index (χ2n) is 8.09. The van der Waals surface area contributed by atoms with Gasteiger partial charge in [0.25, 0.3) is 5.91 Å². The molecule has 2 N–H and O–H groups in total. The van der Waals surface area contributed by atoms with Crippen LogP contribution in [0.4, 0.5) is 10.6 Å². The maximum atomic E-state index is 12.9. The van der Waals surface area contributed by atoms with E-state index in [1.54, 1.807) is 6.92 Å². The second kappa shape index (κ2) is 8.09. The number of alkyl carbamates (subject to hydrolysis) is 1. The Kier molecular flexibility index (Phi) is 5.08. The summed E-state index contributed by atoms with van der Waals surface area (Å²) in [6.45, 7) is 2.37. The number of amides is 2. The molecule has 0 saturated heterocycles. The first kappa shape index (κ1) is 20.7. The van der Waals surface area contributed by atoms with E-state index in [1.165, 1.54) is 15.8 Å². The number of hydrogen-bond acceptors (Lipinski definition) is 5. The molecule has 2 amide bonds. The predicted octanol–water partition coefficient (Wildman–Crippen LogP) is 2.86. The number of anilines is 1. The zero-order chi connectivity index (χ0) is 23.1. The molecule has 0 fully saturated rings. The predicted molar refractivity (Wildman–Crippen MR) is 119 cm³/mol. The molecule has 2 aliphatic rings. The number of aromatic carboxylic acids is 1. The van der Waals surface area contributed by atoms with Gasteiger partial charge in [0, 0.05) is 12.5 Å². The minimum absolute atomic E-state index is 0.0470. The molecular formula is C24H22N4O5. The molecule has 1 aromatic heterocycles. The molecular weight excluding hydrogens is 424 g/mol. The quantitative estimate of drug-likeness (QED) is 0.623. The van der Waals surface area contributed by atoms with Crippen LogP contribution in [-0.4, -0.2) is 52.1 Å². The first-order valence-electron chi connectivity index (χ1n) is 10.7. The van der Waals surface area contributed by atoms with Crippen LogP contribution in [0.25, 0.3) is 11.1 Å². The Balaban J connectivity index is 1.24. The van der Waals surface area contributed by atoms with Crippen molar-refractivity contribution in [2.45, 2.75) is 25.4 Å². The summed E-state index contributed by atoms with van der Waals surface area (Å²) in [4.78, 5) is 38.2. The molecule has 33 heavy (non-hydrogen) atoms. The Bertz CT molecular complexity index is 1220. The molecule has 1 aliphatic carbocycles. The fraction of sp³-hybridized carbons (Fsp3) is 0.250. The van der Waals surface area contributed by atoms with Crippen LogP contribution in [0, 0.1) is 0 Å². The Morgan fingerprint density at radius 2 is 1.73 bits per heavy atom. The number of aromatic nitrogens is 2. The number of fused-ring (bicyclic) bond motifs is 4. The van der Waals surface area contributed by atoms with Crippen molar-refractivity contribution >= 4 is 23.8 Å². The highest BCUT2D eigenvalue weighted by atomic mass is 16.5. The lowest BCUT2D eigenvalue weighted by atomic mass is 9.98. The van der Waals surface area contributed by atoms with Gasteiger partial charge in [-0.1, -0.05) is 48.5 Å². The van der Waals surface area contributed by atoms with Crippen LogP contribution >= 0.6 is 0 Å². The number of carbonyl (C=O) groups excluding carboxylic acids is 2. The minimum atomic E-state index is -1.16. The molecule has 168 valence electrons. The highest BCUT2D eigenvalue weighted by Crippen LogP contribution is 2.44. The summed E-state index contributed by atoms with van der Waals surface area (Å²) in [7, 11) is 0. The lowest BCUT2D eigenvalue weighted by molar-refractivity contribution is -0.120. The summed E-state index contributed by atoms with van der Waals surface area (Å²) in [5.74, 6) is -1.44. The molecule has 2 aromatic carbocycles. The minimum Gasteiger partial charge on any atom is -0.477 e. The first-order chi connectivity index (χ1) is 16.0. The number of nitrogens with one attached hydrogen (secondary N) is 1. The number of rotatable bonds is 5. The molecule has 3 aromatic rings. The fourth-order valence-corrected chi connectivity index (χ4v) is 4.61. The van der Waals surface area contributed by atoms with Crippen molar-refractivity contribution in [2.24, 2.45) is 0 Å². The van der Waals surface area contributed by atoms with Crippen LogP contribution in [0.1, 0.15) is 34.3 Å². The third kappa shape index (κ3) is 3.51. The first-order valence-corrected chi connectivity index (χ1v) is 10.7. The van der Waals surface area contributed by atoms with Gasteiger partial charge >= 0.3 is 12.1 Å². The van der Waals surface area contributed by atoms with Crippen molar-refractivity contribution in [1.29, 1.82) is 0 Å². The molecule has 0 spiro atoms. The highest BCUT2D eigenvalue weighted by molar-refractivity contribution is 6.03. The Hall–Kier alpha value is -4.14. The monoisotopic (exact) mass is 446 g/mol. The van der Waals surface area contributed by atoms with E-state index in [9.17, 15) is 19.5 Å². The molecule has 0 bridgehead atoms. The molecule has 1 atom stereocenters. The van der Waals surface area contributed by atoms with Gasteiger partial charge in [0.05, 0.1) is 12.7 Å². The summed E-state index contributed by atoms with van der Waals surface area (Å²) in [5.41, 5.74) is 4.41. The smallest absolute Gasteiger partial charge is 0.407 e. The van der Waals surface area contributed by atoms with Gasteiger partial charge in [-0.25, -0.2) is 14.3 Å². The number of ether oxygens (including phenoxy) is 1. The molecule has 9 heteroatoms. The van der Waals surface area contributed by atoms with E-state index in [4.69, 9.17) is 4.74 Å². The maximum Gasteiger partial charge on any atom is 0.407 e. The van der Waals surface area contributed by atoms with Gasteiger partial charge in [-0.3, -0.25) is 9.69 Å². The van der Waals surface area contributed by atoms with Gasteiger partial charge in [-0.15, -0.1) is 0 Å². The van der Waals surface area contributed by atoms with E-state index in [2.05, 4.69) is 22.5 Å².